The Morgan fingerprint density at radius 1 is 1.09 bits per heavy atom. The van der Waals surface area contributed by atoms with Crippen LogP contribution in [0.5, 0.6) is 0 Å². The van der Waals surface area contributed by atoms with Gasteiger partial charge in [-0.05, 0) is 38.2 Å². The van der Waals surface area contributed by atoms with Crippen molar-refractivity contribution in [1.82, 2.24) is 16.1 Å². The summed E-state index contributed by atoms with van der Waals surface area (Å²) in [5, 5.41) is 14.5. The minimum absolute atomic E-state index is 0.0678. The fourth-order valence-corrected chi connectivity index (χ4v) is 4.97. The Morgan fingerprint density at radius 3 is 2.18 bits per heavy atom. The summed E-state index contributed by atoms with van der Waals surface area (Å²) in [6.07, 6.45) is 2.03. The van der Waals surface area contributed by atoms with E-state index < -0.39 is 51.1 Å². The molecule has 0 aliphatic carbocycles. The summed E-state index contributed by atoms with van der Waals surface area (Å²) in [6, 6.07) is 8.17. The van der Waals surface area contributed by atoms with Gasteiger partial charge in [-0.25, -0.2) is 5.48 Å². The number of amides is 3. The minimum atomic E-state index is -1.51. The molecule has 0 heterocycles. The van der Waals surface area contributed by atoms with E-state index in [1.807, 2.05) is 44.2 Å². The van der Waals surface area contributed by atoms with Gasteiger partial charge in [0.25, 0.3) is 0 Å². The van der Waals surface area contributed by atoms with Gasteiger partial charge in [0.15, 0.2) is 0 Å². The Labute approximate surface area is 199 Å². The Balaban J connectivity index is 3.25. The second-order valence-corrected chi connectivity index (χ2v) is 11.0. The fourth-order valence-electron chi connectivity index (χ4n) is 3.67. The molecule has 0 fully saturated rings. The molecule has 9 heteroatoms. The third kappa shape index (κ3) is 8.08. The zero-order chi connectivity index (χ0) is 25.2. The van der Waals surface area contributed by atoms with E-state index in [1.54, 1.807) is 19.3 Å². The smallest absolute Gasteiger partial charge is 0.247 e. The van der Waals surface area contributed by atoms with Crippen LogP contribution in [0.2, 0.25) is 0 Å². The van der Waals surface area contributed by atoms with Gasteiger partial charge in [0, 0.05) is 23.6 Å². The molecule has 0 aliphatic heterocycles. The molecule has 1 rings (SSSR count). The van der Waals surface area contributed by atoms with Crippen molar-refractivity contribution in [1.29, 1.82) is 0 Å². The number of hydroxylamine groups is 1. The van der Waals surface area contributed by atoms with Crippen molar-refractivity contribution < 1.29 is 23.8 Å². The van der Waals surface area contributed by atoms with Gasteiger partial charge in [-0.3, -0.25) is 23.8 Å². The molecule has 4 N–H and O–H groups in total. The van der Waals surface area contributed by atoms with Crippen molar-refractivity contribution in [3.05, 3.63) is 48.6 Å². The van der Waals surface area contributed by atoms with Gasteiger partial charge in [0.1, 0.15) is 6.04 Å². The second-order valence-electron chi connectivity index (χ2n) is 8.98. The average Bonchev–Trinajstić information content (AvgIpc) is 2.78. The molecule has 0 aromatic heterocycles. The molecule has 4 unspecified atom stereocenters. The Bertz CT molecular complexity index is 842. The van der Waals surface area contributed by atoms with Crippen LogP contribution in [-0.4, -0.2) is 45.0 Å². The number of rotatable bonds is 13. The van der Waals surface area contributed by atoms with Crippen molar-refractivity contribution in [2.75, 3.05) is 7.05 Å². The van der Waals surface area contributed by atoms with E-state index in [-0.39, 0.29) is 18.1 Å². The number of nitrogens with one attached hydrogen (secondary N) is 3. The number of allylic oxidation sites excluding steroid dienone is 1. The van der Waals surface area contributed by atoms with Crippen LogP contribution in [0.1, 0.15) is 46.1 Å². The first-order valence-corrected chi connectivity index (χ1v) is 12.3. The molecular weight excluding hydrogens is 442 g/mol. The topological polar surface area (TPSA) is 125 Å². The number of carbonyl (C=O) groups is 3. The maximum Gasteiger partial charge on any atom is 0.247 e. The Morgan fingerprint density at radius 2 is 1.70 bits per heavy atom. The highest BCUT2D eigenvalue weighted by Gasteiger charge is 2.43. The number of hydrogen-bond acceptors (Lipinski definition) is 5. The molecule has 1 aromatic rings. The second kappa shape index (κ2) is 13.3. The van der Waals surface area contributed by atoms with Crippen LogP contribution in [0.25, 0.3) is 0 Å². The van der Waals surface area contributed by atoms with E-state index in [9.17, 15) is 23.8 Å². The lowest BCUT2D eigenvalue weighted by Crippen LogP contribution is -2.60. The molecule has 0 spiro atoms. The molecule has 0 aliphatic rings. The summed E-state index contributed by atoms with van der Waals surface area (Å²) < 4.78 is 12.2. The number of hydrogen-bond donors (Lipinski definition) is 4. The lowest BCUT2D eigenvalue weighted by Gasteiger charge is -2.35. The molecule has 0 bridgehead atoms. The molecule has 0 saturated carbocycles. The lowest BCUT2D eigenvalue weighted by atomic mass is 9.81. The Hall–Kier alpha value is -2.52. The summed E-state index contributed by atoms with van der Waals surface area (Å²) in [4.78, 5) is 38.5. The maximum absolute atomic E-state index is 13.4. The van der Waals surface area contributed by atoms with Crippen LogP contribution in [0.3, 0.4) is 0 Å². The van der Waals surface area contributed by atoms with Crippen LogP contribution in [0.4, 0.5) is 0 Å². The first-order chi connectivity index (χ1) is 15.5. The van der Waals surface area contributed by atoms with Gasteiger partial charge in [-0.2, -0.15) is 0 Å². The van der Waals surface area contributed by atoms with Crippen molar-refractivity contribution in [2.45, 2.75) is 57.1 Å². The highest BCUT2D eigenvalue weighted by atomic mass is 32.2. The summed E-state index contributed by atoms with van der Waals surface area (Å²) >= 11 is 0. The zero-order valence-corrected chi connectivity index (χ0v) is 20.9. The summed E-state index contributed by atoms with van der Waals surface area (Å²) in [7, 11) is -0.0620. The molecule has 8 nitrogen and oxygen atoms in total. The fraction of sp³-hybridized carbons (Fsp3) is 0.542. The normalized spacial score (nSPS) is 15.1. The van der Waals surface area contributed by atoms with Gasteiger partial charge >= 0.3 is 0 Å². The molecule has 3 amide bonds. The third-order valence-corrected chi connectivity index (χ3v) is 7.64. The van der Waals surface area contributed by atoms with Gasteiger partial charge < -0.3 is 10.6 Å². The van der Waals surface area contributed by atoms with Crippen LogP contribution < -0.4 is 16.1 Å². The molecule has 0 radical (unpaired) electrons. The third-order valence-electron chi connectivity index (χ3n) is 5.63. The number of benzene rings is 1. The SMILES string of the molecule is C=CCC(C(=O)NO)C(CC(C)C)C(=O)NC(C(=O)NC)C(C)(C)S(=O)Cc1ccccc1. The molecule has 4 atom stereocenters. The first kappa shape index (κ1) is 28.5. The largest absolute Gasteiger partial charge is 0.357 e. The van der Waals surface area contributed by atoms with E-state index >= 15 is 0 Å². The van der Waals surface area contributed by atoms with Crippen LogP contribution >= 0.6 is 0 Å². The van der Waals surface area contributed by atoms with E-state index in [0.717, 1.165) is 5.56 Å². The first-order valence-electron chi connectivity index (χ1n) is 11.0. The van der Waals surface area contributed by atoms with Crippen LogP contribution in [0.15, 0.2) is 43.0 Å². The maximum atomic E-state index is 13.4. The summed E-state index contributed by atoms with van der Waals surface area (Å²) in [5.41, 5.74) is 2.48. The predicted molar refractivity (Wildman–Crippen MR) is 130 cm³/mol. The van der Waals surface area contributed by atoms with Crippen molar-refractivity contribution in [2.24, 2.45) is 17.8 Å². The molecular formula is C24H37N3O5S. The number of likely N-dealkylation sites (N-methyl/N-ethyl adjacent to an activating group) is 1. The van der Waals surface area contributed by atoms with Gasteiger partial charge in [-0.1, -0.05) is 50.3 Å². The van der Waals surface area contributed by atoms with Crippen molar-refractivity contribution in [3.63, 3.8) is 0 Å². The van der Waals surface area contributed by atoms with Gasteiger partial charge in [0.2, 0.25) is 17.7 Å². The quantitative estimate of drug-likeness (QED) is 0.196. The lowest BCUT2D eigenvalue weighted by molar-refractivity contribution is -0.141. The highest BCUT2D eigenvalue weighted by Crippen LogP contribution is 2.27. The van der Waals surface area contributed by atoms with Crippen LogP contribution in [0, 0.1) is 17.8 Å². The summed E-state index contributed by atoms with van der Waals surface area (Å²) in [6.45, 7) is 10.8. The molecule has 33 heavy (non-hydrogen) atoms. The highest BCUT2D eigenvalue weighted by molar-refractivity contribution is 7.85. The van der Waals surface area contributed by atoms with E-state index in [4.69, 9.17) is 0 Å². The van der Waals surface area contributed by atoms with E-state index in [2.05, 4.69) is 17.2 Å². The standard InChI is InChI=1S/C24H37N3O5S/c1-7-11-18(22(29)27-31)19(14-16(2)3)21(28)26-20(23(30)25-6)24(4,5)33(32)15-17-12-9-8-10-13-17/h7-10,12-13,16,18-20,31H,1,11,14-15H2,2-6H3,(H,25,30)(H,26,28)(H,27,29). The monoisotopic (exact) mass is 479 g/mol. The molecule has 1 aromatic carbocycles. The van der Waals surface area contributed by atoms with E-state index in [0.29, 0.717) is 6.42 Å². The molecule has 0 saturated heterocycles. The van der Waals surface area contributed by atoms with E-state index in [1.165, 1.54) is 13.1 Å². The number of carbonyl (C=O) groups excluding carboxylic acids is 3. The predicted octanol–water partition coefficient (Wildman–Crippen LogP) is 2.30. The molecule has 184 valence electrons. The van der Waals surface area contributed by atoms with Gasteiger partial charge in [-0.15, -0.1) is 6.58 Å². The zero-order valence-electron chi connectivity index (χ0n) is 20.1. The van der Waals surface area contributed by atoms with Crippen molar-refractivity contribution in [3.8, 4) is 0 Å². The minimum Gasteiger partial charge on any atom is -0.357 e. The van der Waals surface area contributed by atoms with Crippen LogP contribution in [-0.2, 0) is 30.9 Å². The van der Waals surface area contributed by atoms with Gasteiger partial charge in [0.05, 0.1) is 16.6 Å². The average molecular weight is 480 g/mol. The Kier molecular flexibility index (Phi) is 11.4. The summed E-state index contributed by atoms with van der Waals surface area (Å²) in [5.74, 6) is -3.09. The van der Waals surface area contributed by atoms with Crippen molar-refractivity contribution >= 4 is 28.5 Å².